The van der Waals surface area contributed by atoms with Crippen molar-refractivity contribution >= 4 is 74.7 Å². The SMILES string of the molecule is CC.CC.CCl.CSNC(=O)c1ccc(N2CCN(CC3=C(c4ccc(Cl)cc4)CC(C)(C)CC3)CC2)cc1Oc1cnc2[nH]ccc2c1.O=[N+]([O-])c1ccccc1NCC1CCNCC1. The molecule has 15 heteroatoms. The number of pyridine rings is 1. The maximum Gasteiger partial charge on any atom is 0.292 e. The zero-order valence-electron chi connectivity index (χ0n) is 40.0. The number of benzene rings is 3. The number of rotatable bonds is 12. The van der Waals surface area contributed by atoms with E-state index in [-0.39, 0.29) is 16.5 Å². The van der Waals surface area contributed by atoms with Gasteiger partial charge in [0.1, 0.15) is 22.8 Å². The summed E-state index contributed by atoms with van der Waals surface area (Å²) in [7, 11) is 0. The molecule has 0 atom stereocenters. The Bertz CT molecular complexity index is 2290. The summed E-state index contributed by atoms with van der Waals surface area (Å²) in [6.45, 7) is 20.4. The van der Waals surface area contributed by atoms with E-state index in [0.717, 1.165) is 99.8 Å². The van der Waals surface area contributed by atoms with Crippen LogP contribution in [0, 0.1) is 21.4 Å². The number of aromatic amines is 1. The number of hydrogen-bond donors (Lipinski definition) is 4. The molecule has 0 bridgehead atoms. The second kappa shape index (κ2) is 27.8. The fourth-order valence-electron chi connectivity index (χ4n) is 8.25. The lowest BCUT2D eigenvalue weighted by Gasteiger charge is -2.39. The second-order valence-electron chi connectivity index (χ2n) is 16.5. The second-order valence-corrected chi connectivity index (χ2v) is 17.6. The summed E-state index contributed by atoms with van der Waals surface area (Å²) in [5.41, 5.74) is 7.77. The van der Waals surface area contributed by atoms with Crippen molar-refractivity contribution in [3.63, 3.8) is 0 Å². The first-order chi connectivity index (χ1) is 32.0. The number of anilines is 2. The van der Waals surface area contributed by atoms with Gasteiger partial charge in [0.05, 0.1) is 16.7 Å². The Morgan fingerprint density at radius 1 is 0.970 bits per heavy atom. The van der Waals surface area contributed by atoms with Crippen molar-refractivity contribution < 1.29 is 14.5 Å². The van der Waals surface area contributed by atoms with Crippen LogP contribution in [0.25, 0.3) is 16.6 Å². The molecule has 2 fully saturated rings. The number of carbonyl (C=O) groups excluding carboxylic acids is 1. The van der Waals surface area contributed by atoms with Crippen LogP contribution >= 0.6 is 35.1 Å². The van der Waals surface area contributed by atoms with Crippen LogP contribution in [0.1, 0.15) is 89.6 Å². The number of nitrogens with one attached hydrogen (secondary N) is 4. The highest BCUT2D eigenvalue weighted by atomic mass is 35.5. The molecule has 12 nitrogen and oxygen atoms in total. The van der Waals surface area contributed by atoms with Crippen LogP contribution in [0.4, 0.5) is 17.1 Å². The summed E-state index contributed by atoms with van der Waals surface area (Å²) in [6, 6.07) is 24.9. The molecule has 0 spiro atoms. The van der Waals surface area contributed by atoms with Crippen LogP contribution in [-0.4, -0.2) is 90.7 Å². The van der Waals surface area contributed by atoms with Crippen LogP contribution in [0.15, 0.2) is 96.8 Å². The van der Waals surface area contributed by atoms with E-state index < -0.39 is 0 Å². The van der Waals surface area contributed by atoms with E-state index in [9.17, 15) is 14.9 Å². The Morgan fingerprint density at radius 3 is 2.35 bits per heavy atom. The number of hydrogen-bond acceptors (Lipinski definition) is 10. The summed E-state index contributed by atoms with van der Waals surface area (Å²) >= 11 is 12.1. The monoisotopic (exact) mass is 960 g/mol. The number of piperidine rings is 1. The number of aromatic nitrogens is 2. The molecule has 8 rings (SSSR count). The van der Waals surface area contributed by atoms with Gasteiger partial charge in [0.2, 0.25) is 0 Å². The van der Waals surface area contributed by atoms with Gasteiger partial charge < -0.3 is 25.3 Å². The minimum atomic E-state index is -0.343. The lowest BCUT2D eigenvalue weighted by molar-refractivity contribution is -0.384. The normalized spacial score (nSPS) is 15.9. The molecule has 5 aromatic rings. The third-order valence-electron chi connectivity index (χ3n) is 11.7. The van der Waals surface area contributed by atoms with Crippen LogP contribution in [0.3, 0.4) is 0 Å². The average Bonchev–Trinajstić information content (AvgIpc) is 3.83. The van der Waals surface area contributed by atoms with Gasteiger partial charge in [-0.25, -0.2) is 4.98 Å². The topological polar surface area (TPSA) is 141 Å². The third kappa shape index (κ3) is 15.7. The van der Waals surface area contributed by atoms with Crippen molar-refractivity contribution in [2.24, 2.45) is 11.3 Å². The molecule has 2 saturated heterocycles. The molecule has 4 heterocycles. The lowest BCUT2D eigenvalue weighted by Crippen LogP contribution is -2.47. The Balaban J connectivity index is 0.000000345. The van der Waals surface area contributed by atoms with Crippen molar-refractivity contribution in [1.82, 2.24) is 24.9 Å². The predicted molar refractivity (Wildman–Crippen MR) is 280 cm³/mol. The number of halogens is 2. The molecule has 3 aliphatic rings. The smallest absolute Gasteiger partial charge is 0.292 e. The van der Waals surface area contributed by atoms with Crippen molar-refractivity contribution in [2.75, 3.05) is 75.2 Å². The fraction of sp³-hybridized carbons (Fsp3) is 0.451. The van der Waals surface area contributed by atoms with Gasteiger partial charge in [0.15, 0.2) is 0 Å². The van der Waals surface area contributed by atoms with E-state index in [4.69, 9.17) is 16.3 Å². The molecule has 1 aliphatic carbocycles. The molecular formula is C51H70Cl2N8O4S. The Morgan fingerprint density at radius 2 is 1.67 bits per heavy atom. The number of para-hydroxylation sites is 2. The van der Waals surface area contributed by atoms with Crippen molar-refractivity contribution in [3.8, 4) is 11.5 Å². The predicted octanol–water partition coefficient (Wildman–Crippen LogP) is 12.7. The van der Waals surface area contributed by atoms with E-state index in [1.54, 1.807) is 23.9 Å². The Labute approximate surface area is 406 Å². The molecule has 4 N–H and O–H groups in total. The van der Waals surface area contributed by atoms with E-state index in [1.807, 2.05) is 88.7 Å². The molecule has 66 heavy (non-hydrogen) atoms. The number of allylic oxidation sites excluding steroid dienone is 1. The van der Waals surface area contributed by atoms with Gasteiger partial charge in [0.25, 0.3) is 11.6 Å². The maximum atomic E-state index is 12.9. The third-order valence-corrected chi connectivity index (χ3v) is 12.3. The number of nitrogens with zero attached hydrogens (tertiary/aromatic N) is 4. The molecule has 0 unspecified atom stereocenters. The highest BCUT2D eigenvalue weighted by molar-refractivity contribution is 7.97. The number of nitro benzene ring substituents is 1. The molecule has 1 amide bonds. The van der Waals surface area contributed by atoms with Gasteiger partial charge in [-0.1, -0.05) is 94.9 Å². The van der Waals surface area contributed by atoms with E-state index in [0.29, 0.717) is 34.1 Å². The van der Waals surface area contributed by atoms with Crippen molar-refractivity contribution in [1.29, 1.82) is 0 Å². The molecule has 3 aromatic carbocycles. The summed E-state index contributed by atoms with van der Waals surface area (Å²) in [5, 5.41) is 19.1. The summed E-state index contributed by atoms with van der Waals surface area (Å²) in [4.78, 5) is 35.9. The standard InChI is InChI=1S/C34H38ClN5O2S.C12H17N3O2.2C2H6.CH3Cl/c1-34(2)12-10-25(30(20-34)23-4-6-26(35)7-5-23)22-39-14-16-40(17-15-39)27-8-9-29(33(41)38-43-3)31(19-27)42-28-18-24-11-13-36-32(24)37-21-28;16-15(17)12-4-2-1-3-11(12)14-9-10-5-7-13-8-6-10;3*1-2/h4-9,11,13,18-19,21H,10,12,14-17,20,22H2,1-3H3,(H,36,37)(H,38,41);1-4,10,13-14H,5-9H2;2*1-2H3;1H3. The van der Waals surface area contributed by atoms with Crippen LogP contribution < -0.4 is 25.0 Å². The zero-order valence-corrected chi connectivity index (χ0v) is 42.3. The molecular weight excluding hydrogens is 892 g/mol. The van der Waals surface area contributed by atoms with Gasteiger partial charge in [-0.15, -0.1) is 11.6 Å². The Kier molecular flexibility index (Phi) is 22.6. The number of H-pyrrole nitrogens is 1. The molecule has 0 saturated carbocycles. The van der Waals surface area contributed by atoms with Crippen LogP contribution in [-0.2, 0) is 0 Å². The van der Waals surface area contributed by atoms with Gasteiger partial charge in [-0.3, -0.25) is 24.5 Å². The van der Waals surface area contributed by atoms with Crippen LogP contribution in [0.5, 0.6) is 11.5 Å². The van der Waals surface area contributed by atoms with Gasteiger partial charge in [-0.2, -0.15) is 0 Å². The Hall–Kier alpha value is -4.79. The van der Waals surface area contributed by atoms with E-state index >= 15 is 0 Å². The molecule has 2 aromatic heterocycles. The number of piperazine rings is 1. The first-order valence-electron chi connectivity index (χ1n) is 23.1. The van der Waals surface area contributed by atoms with Gasteiger partial charge >= 0.3 is 0 Å². The van der Waals surface area contributed by atoms with Crippen LogP contribution in [0.2, 0.25) is 5.02 Å². The van der Waals surface area contributed by atoms with E-state index in [1.165, 1.54) is 42.0 Å². The average molecular weight is 962 g/mol. The minimum absolute atomic E-state index is 0.154. The summed E-state index contributed by atoms with van der Waals surface area (Å²) in [5.74, 6) is 1.53. The maximum absolute atomic E-state index is 12.9. The largest absolute Gasteiger partial charge is 0.455 e. The summed E-state index contributed by atoms with van der Waals surface area (Å²) < 4.78 is 9.11. The highest BCUT2D eigenvalue weighted by Crippen LogP contribution is 2.43. The van der Waals surface area contributed by atoms with E-state index in [2.05, 4.69) is 72.7 Å². The number of alkyl halides is 1. The number of nitro groups is 1. The number of fused-ring (bicyclic) bond motifs is 1. The summed E-state index contributed by atoms with van der Waals surface area (Å²) in [6.07, 6.45) is 12.5. The van der Waals surface area contributed by atoms with Gasteiger partial charge in [-0.05, 0) is 110 Å². The molecule has 2 aliphatic heterocycles. The lowest BCUT2D eigenvalue weighted by atomic mass is 9.72. The molecule has 0 radical (unpaired) electrons. The zero-order chi connectivity index (χ0) is 48.1. The first kappa shape index (κ1) is 53.8. The highest BCUT2D eigenvalue weighted by Gasteiger charge is 2.30. The van der Waals surface area contributed by atoms with Crippen molar-refractivity contribution in [2.45, 2.75) is 73.6 Å². The number of ether oxygens (including phenoxy) is 1. The first-order valence-corrected chi connectivity index (χ1v) is 25.5. The van der Waals surface area contributed by atoms with Crippen molar-refractivity contribution in [3.05, 3.63) is 123 Å². The number of carbonyl (C=O) groups is 1. The fourth-order valence-corrected chi connectivity index (χ4v) is 8.67. The quantitative estimate of drug-likeness (QED) is 0.0413. The minimum Gasteiger partial charge on any atom is -0.455 e. The molecule has 358 valence electrons. The van der Waals surface area contributed by atoms with Gasteiger partial charge in [0, 0.05) is 86.3 Å². The number of amides is 1.